The molecule has 4 rings (SSSR count). The zero-order chi connectivity index (χ0) is 19.3. The quantitative estimate of drug-likeness (QED) is 0.863. The van der Waals surface area contributed by atoms with Crippen molar-refractivity contribution in [1.29, 1.82) is 0 Å². The Morgan fingerprint density at radius 3 is 2.78 bits per heavy atom. The molecule has 142 valence electrons. The molecule has 1 N–H and O–H groups in total. The molecule has 2 aliphatic heterocycles. The van der Waals surface area contributed by atoms with Crippen molar-refractivity contribution in [3.63, 3.8) is 0 Å². The molecule has 8 nitrogen and oxygen atoms in total. The van der Waals surface area contributed by atoms with Crippen LogP contribution in [0.2, 0.25) is 5.02 Å². The summed E-state index contributed by atoms with van der Waals surface area (Å²) in [5, 5.41) is 10.9. The standard InChI is InChI=1S/C17H18ClFN6O2/c1-3-4-8-24-12-14(26)20-17(27)23(2)15(12)25-13(21-22-16(24)25)11-9(18)6-5-7-10(11)19/h5-7,12,15H,3-4,8H2,1-2H3,(H,20,26,27). The van der Waals surface area contributed by atoms with Crippen molar-refractivity contribution in [2.75, 3.05) is 18.5 Å². The third-order valence-corrected chi connectivity index (χ3v) is 5.29. The monoisotopic (exact) mass is 392 g/mol. The number of nitrogens with one attached hydrogen (secondary N) is 1. The van der Waals surface area contributed by atoms with E-state index in [-0.39, 0.29) is 16.4 Å². The normalized spacial score (nSPS) is 21.3. The highest BCUT2D eigenvalue weighted by Crippen LogP contribution is 2.42. The molecule has 10 heteroatoms. The number of rotatable bonds is 4. The van der Waals surface area contributed by atoms with E-state index in [4.69, 9.17) is 11.6 Å². The number of unbranched alkanes of at least 4 members (excludes halogenated alkanes) is 1. The molecule has 0 saturated carbocycles. The van der Waals surface area contributed by atoms with Gasteiger partial charge in [0.25, 0.3) is 5.91 Å². The fourth-order valence-electron chi connectivity index (χ4n) is 3.65. The predicted octanol–water partition coefficient (Wildman–Crippen LogP) is 2.41. The van der Waals surface area contributed by atoms with Gasteiger partial charge in [0, 0.05) is 13.6 Å². The molecule has 3 heterocycles. The average Bonchev–Trinajstić information content (AvgIpc) is 3.17. The number of benzene rings is 1. The van der Waals surface area contributed by atoms with Crippen LogP contribution in [0.3, 0.4) is 0 Å². The van der Waals surface area contributed by atoms with Crippen molar-refractivity contribution in [1.82, 2.24) is 25.0 Å². The third-order valence-electron chi connectivity index (χ3n) is 4.97. The molecule has 0 radical (unpaired) electrons. The lowest BCUT2D eigenvalue weighted by atomic mass is 10.1. The molecule has 0 spiro atoms. The van der Waals surface area contributed by atoms with E-state index in [1.54, 1.807) is 17.7 Å². The number of likely N-dealkylation sites (N-methyl/N-ethyl adjacent to an activating group) is 1. The summed E-state index contributed by atoms with van der Waals surface area (Å²) in [4.78, 5) is 28.0. The topological polar surface area (TPSA) is 83.4 Å². The van der Waals surface area contributed by atoms with Crippen LogP contribution in [-0.4, -0.2) is 51.2 Å². The van der Waals surface area contributed by atoms with Gasteiger partial charge in [-0.1, -0.05) is 31.0 Å². The van der Waals surface area contributed by atoms with Gasteiger partial charge in [-0.25, -0.2) is 9.18 Å². The molecule has 0 aliphatic carbocycles. The number of carbonyl (C=O) groups excluding carboxylic acids is 2. The fourth-order valence-corrected chi connectivity index (χ4v) is 3.90. The summed E-state index contributed by atoms with van der Waals surface area (Å²) in [7, 11) is 1.58. The van der Waals surface area contributed by atoms with Gasteiger partial charge in [0.05, 0.1) is 10.6 Å². The van der Waals surface area contributed by atoms with E-state index in [0.717, 1.165) is 12.8 Å². The summed E-state index contributed by atoms with van der Waals surface area (Å²) in [6.07, 6.45) is 1.07. The summed E-state index contributed by atoms with van der Waals surface area (Å²) in [6, 6.07) is 3.17. The molecule has 3 amide bonds. The molecule has 27 heavy (non-hydrogen) atoms. The molecule has 2 aromatic rings. The Labute approximate surface area is 159 Å². The van der Waals surface area contributed by atoms with Crippen LogP contribution in [-0.2, 0) is 4.79 Å². The lowest BCUT2D eigenvalue weighted by Gasteiger charge is -2.37. The Morgan fingerprint density at radius 2 is 2.07 bits per heavy atom. The van der Waals surface area contributed by atoms with Crippen LogP contribution in [0.4, 0.5) is 15.1 Å². The lowest BCUT2D eigenvalue weighted by Crippen LogP contribution is -2.61. The number of amides is 3. The summed E-state index contributed by atoms with van der Waals surface area (Å²) in [5.41, 5.74) is 0.0980. The lowest BCUT2D eigenvalue weighted by molar-refractivity contribution is -0.124. The van der Waals surface area contributed by atoms with E-state index in [0.29, 0.717) is 12.5 Å². The minimum Gasteiger partial charge on any atom is -0.325 e. The second kappa shape index (κ2) is 6.49. The maximum Gasteiger partial charge on any atom is 0.325 e. The SMILES string of the molecule is CCCCN1c2nnc(-c3c(F)cccc3Cl)n2C2C1C(=O)NC(=O)N2C. The molecule has 2 unspecified atom stereocenters. The molecule has 2 aliphatic rings. The molecule has 1 aromatic carbocycles. The smallest absolute Gasteiger partial charge is 0.325 e. The Kier molecular flexibility index (Phi) is 4.26. The van der Waals surface area contributed by atoms with Crippen molar-refractivity contribution in [2.24, 2.45) is 0 Å². The van der Waals surface area contributed by atoms with Crippen molar-refractivity contribution in [3.05, 3.63) is 29.0 Å². The van der Waals surface area contributed by atoms with Crippen molar-refractivity contribution in [2.45, 2.75) is 32.0 Å². The Hall–Kier alpha value is -2.68. The minimum atomic E-state index is -0.682. The first-order valence-electron chi connectivity index (χ1n) is 8.69. The van der Waals surface area contributed by atoms with Gasteiger partial charge in [0.1, 0.15) is 12.0 Å². The van der Waals surface area contributed by atoms with Gasteiger partial charge < -0.3 is 9.80 Å². The number of fused-ring (bicyclic) bond motifs is 3. The molecule has 0 bridgehead atoms. The first-order chi connectivity index (χ1) is 13.0. The van der Waals surface area contributed by atoms with E-state index in [2.05, 4.69) is 15.5 Å². The number of nitrogens with zero attached hydrogens (tertiary/aromatic N) is 5. The third kappa shape index (κ3) is 2.56. The van der Waals surface area contributed by atoms with Gasteiger partial charge in [-0.3, -0.25) is 14.7 Å². The second-order valence-corrected chi connectivity index (χ2v) is 7.01. The van der Waals surface area contributed by atoms with Crippen LogP contribution in [0.15, 0.2) is 18.2 Å². The van der Waals surface area contributed by atoms with Crippen LogP contribution in [0.25, 0.3) is 11.4 Å². The van der Waals surface area contributed by atoms with Crippen LogP contribution < -0.4 is 10.2 Å². The zero-order valence-electron chi connectivity index (χ0n) is 14.8. The highest BCUT2D eigenvalue weighted by Gasteiger charge is 2.52. The Morgan fingerprint density at radius 1 is 1.30 bits per heavy atom. The second-order valence-electron chi connectivity index (χ2n) is 6.60. The Bertz CT molecular complexity index is 912. The molecule has 2 atom stereocenters. The van der Waals surface area contributed by atoms with Crippen molar-refractivity contribution in [3.8, 4) is 11.4 Å². The van der Waals surface area contributed by atoms with Crippen LogP contribution >= 0.6 is 11.6 Å². The van der Waals surface area contributed by atoms with Crippen LogP contribution in [0.1, 0.15) is 25.9 Å². The average molecular weight is 393 g/mol. The zero-order valence-corrected chi connectivity index (χ0v) is 15.6. The number of imide groups is 1. The Balaban J connectivity index is 1.90. The molecular weight excluding hydrogens is 375 g/mol. The largest absolute Gasteiger partial charge is 0.325 e. The first-order valence-corrected chi connectivity index (χ1v) is 9.07. The van der Waals surface area contributed by atoms with E-state index < -0.39 is 30.0 Å². The minimum absolute atomic E-state index is 0.0980. The number of urea groups is 1. The molecule has 1 aromatic heterocycles. The van der Waals surface area contributed by atoms with Crippen molar-refractivity contribution >= 4 is 29.5 Å². The first kappa shape index (κ1) is 17.7. The highest BCUT2D eigenvalue weighted by molar-refractivity contribution is 6.33. The van der Waals surface area contributed by atoms with Crippen LogP contribution in [0.5, 0.6) is 0 Å². The molecule has 1 fully saturated rings. The number of hydrogen-bond donors (Lipinski definition) is 1. The van der Waals surface area contributed by atoms with Gasteiger partial charge in [0.2, 0.25) is 5.95 Å². The van der Waals surface area contributed by atoms with Gasteiger partial charge in [-0.15, -0.1) is 10.2 Å². The van der Waals surface area contributed by atoms with Gasteiger partial charge in [0.15, 0.2) is 11.9 Å². The number of hydrogen-bond acceptors (Lipinski definition) is 5. The van der Waals surface area contributed by atoms with Gasteiger partial charge in [-0.2, -0.15) is 0 Å². The number of aromatic nitrogens is 3. The fraction of sp³-hybridized carbons (Fsp3) is 0.412. The number of carbonyl (C=O) groups is 2. The summed E-state index contributed by atoms with van der Waals surface area (Å²) < 4.78 is 16.1. The summed E-state index contributed by atoms with van der Waals surface area (Å²) >= 11 is 6.22. The van der Waals surface area contributed by atoms with Gasteiger partial charge >= 0.3 is 6.03 Å². The van der Waals surface area contributed by atoms with E-state index in [1.807, 2.05) is 11.8 Å². The maximum absolute atomic E-state index is 14.5. The van der Waals surface area contributed by atoms with Crippen LogP contribution in [0, 0.1) is 5.82 Å². The number of halogens is 2. The van der Waals surface area contributed by atoms with Gasteiger partial charge in [-0.05, 0) is 18.6 Å². The summed E-state index contributed by atoms with van der Waals surface area (Å²) in [5.74, 6) is -0.341. The summed E-state index contributed by atoms with van der Waals surface area (Å²) in [6.45, 7) is 2.61. The maximum atomic E-state index is 14.5. The van der Waals surface area contributed by atoms with Crippen molar-refractivity contribution < 1.29 is 14.0 Å². The predicted molar refractivity (Wildman–Crippen MR) is 96.8 cm³/mol. The highest BCUT2D eigenvalue weighted by atomic mass is 35.5. The molecule has 1 saturated heterocycles. The van der Waals surface area contributed by atoms with E-state index in [9.17, 15) is 14.0 Å². The van der Waals surface area contributed by atoms with E-state index >= 15 is 0 Å². The molecular formula is C17H18ClFN6O2. The number of anilines is 1. The van der Waals surface area contributed by atoms with E-state index in [1.165, 1.54) is 17.0 Å².